The van der Waals surface area contributed by atoms with E-state index >= 15 is 0 Å². The summed E-state index contributed by atoms with van der Waals surface area (Å²) in [6.07, 6.45) is 0.440. The minimum absolute atomic E-state index is 0.0439. The number of aromatic amines is 1. The molecule has 0 aliphatic carbocycles. The van der Waals surface area contributed by atoms with Crippen molar-refractivity contribution in [2.45, 2.75) is 13.2 Å². The van der Waals surface area contributed by atoms with Gasteiger partial charge in [0.2, 0.25) is 0 Å². The first kappa shape index (κ1) is 18.1. The number of H-pyrrole nitrogens is 1. The van der Waals surface area contributed by atoms with Crippen LogP contribution >= 0.6 is 11.6 Å². The summed E-state index contributed by atoms with van der Waals surface area (Å²) < 4.78 is 35.4. The molecule has 0 atom stereocenters. The Hall–Kier alpha value is -3.27. The molecule has 8 nitrogen and oxygen atoms in total. The van der Waals surface area contributed by atoms with Gasteiger partial charge >= 0.3 is 6.29 Å². The predicted octanol–water partition coefficient (Wildman–Crippen LogP) is 3.43. The third-order valence-electron chi connectivity index (χ3n) is 4.12. The molecule has 1 N–H and O–H groups in total. The standard InChI is InChI=1S/C17H12ClF2N5O3/c1-8-3-12-13(28-17(19,20)27-12)4-9(8)11-6-22-14(7-21-11)25(2)16(26)15-10(18)5-23-24-15/h3-7H,1-2H3,(H,23,24). The number of carbonyl (C=O) groups excluding carboxylic acids is 1. The number of amides is 1. The van der Waals surface area contributed by atoms with E-state index in [1.54, 1.807) is 6.92 Å². The zero-order chi connectivity index (χ0) is 20.1. The van der Waals surface area contributed by atoms with Crippen molar-refractivity contribution in [3.05, 3.63) is 47.0 Å². The Kier molecular flexibility index (Phi) is 4.15. The number of hydrogen-bond donors (Lipinski definition) is 1. The number of benzene rings is 1. The molecule has 0 spiro atoms. The lowest BCUT2D eigenvalue weighted by Gasteiger charge is -2.15. The van der Waals surface area contributed by atoms with Crippen molar-refractivity contribution >= 4 is 23.3 Å². The molecule has 4 rings (SSSR count). The zero-order valence-corrected chi connectivity index (χ0v) is 15.3. The molecular weight excluding hydrogens is 396 g/mol. The second kappa shape index (κ2) is 6.41. The molecular formula is C17H12ClF2N5O3. The minimum atomic E-state index is -3.69. The lowest BCUT2D eigenvalue weighted by atomic mass is 10.1. The van der Waals surface area contributed by atoms with Crippen molar-refractivity contribution in [3.63, 3.8) is 0 Å². The van der Waals surface area contributed by atoms with E-state index < -0.39 is 12.2 Å². The fourth-order valence-electron chi connectivity index (χ4n) is 2.70. The second-order valence-electron chi connectivity index (χ2n) is 6.00. The molecule has 1 aliphatic heterocycles. The number of alkyl halides is 2. The Morgan fingerprint density at radius 2 is 1.89 bits per heavy atom. The average Bonchev–Trinajstić information content (AvgIpc) is 3.20. The predicted molar refractivity (Wildman–Crippen MR) is 94.7 cm³/mol. The molecule has 11 heteroatoms. The number of aryl methyl sites for hydroxylation is 1. The summed E-state index contributed by atoms with van der Waals surface area (Å²) in [7, 11) is 1.51. The Morgan fingerprint density at radius 1 is 1.18 bits per heavy atom. The fourth-order valence-corrected chi connectivity index (χ4v) is 2.87. The molecule has 1 aromatic carbocycles. The highest BCUT2D eigenvalue weighted by atomic mass is 35.5. The maximum absolute atomic E-state index is 13.2. The van der Waals surface area contributed by atoms with E-state index in [-0.39, 0.29) is 28.0 Å². The van der Waals surface area contributed by atoms with Crippen LogP contribution in [0.3, 0.4) is 0 Å². The first-order valence-corrected chi connectivity index (χ1v) is 8.33. The molecule has 144 valence electrons. The monoisotopic (exact) mass is 407 g/mol. The van der Waals surface area contributed by atoms with Crippen LogP contribution in [0.1, 0.15) is 16.1 Å². The summed E-state index contributed by atoms with van der Waals surface area (Å²) in [4.78, 5) is 22.2. The van der Waals surface area contributed by atoms with Crippen molar-refractivity contribution < 1.29 is 23.0 Å². The summed E-state index contributed by atoms with van der Waals surface area (Å²) in [6.45, 7) is 1.72. The molecule has 0 saturated carbocycles. The lowest BCUT2D eigenvalue weighted by Crippen LogP contribution is -2.27. The van der Waals surface area contributed by atoms with Crippen LogP contribution in [-0.4, -0.2) is 39.4 Å². The quantitative estimate of drug-likeness (QED) is 0.715. The van der Waals surface area contributed by atoms with Gasteiger partial charge in [-0.3, -0.25) is 19.8 Å². The van der Waals surface area contributed by atoms with Crippen LogP contribution in [0.5, 0.6) is 11.5 Å². The molecule has 1 aliphatic rings. The van der Waals surface area contributed by atoms with Crippen LogP contribution in [0.25, 0.3) is 11.3 Å². The Labute approximate surface area is 162 Å². The van der Waals surface area contributed by atoms with E-state index in [0.717, 1.165) is 0 Å². The number of fused-ring (bicyclic) bond motifs is 1. The van der Waals surface area contributed by atoms with Gasteiger partial charge in [0.05, 0.1) is 29.3 Å². The molecule has 3 aromatic rings. The Morgan fingerprint density at radius 3 is 2.50 bits per heavy atom. The van der Waals surface area contributed by atoms with E-state index in [2.05, 4.69) is 29.6 Å². The Bertz CT molecular complexity index is 1070. The van der Waals surface area contributed by atoms with E-state index in [1.165, 1.54) is 42.7 Å². The molecule has 0 bridgehead atoms. The van der Waals surface area contributed by atoms with Gasteiger partial charge in [0.15, 0.2) is 17.3 Å². The van der Waals surface area contributed by atoms with Gasteiger partial charge in [-0.25, -0.2) is 4.98 Å². The number of hydrogen-bond acceptors (Lipinski definition) is 6. The van der Waals surface area contributed by atoms with Crippen molar-refractivity contribution in [3.8, 4) is 22.8 Å². The van der Waals surface area contributed by atoms with Crippen LogP contribution in [0.15, 0.2) is 30.7 Å². The van der Waals surface area contributed by atoms with Gasteiger partial charge in [-0.05, 0) is 24.6 Å². The maximum Gasteiger partial charge on any atom is 0.586 e. The van der Waals surface area contributed by atoms with E-state index in [4.69, 9.17) is 11.6 Å². The topological polar surface area (TPSA) is 93.2 Å². The van der Waals surface area contributed by atoms with Crippen LogP contribution in [0.2, 0.25) is 5.02 Å². The van der Waals surface area contributed by atoms with Crippen molar-refractivity contribution in [1.82, 2.24) is 20.2 Å². The number of ether oxygens (including phenoxy) is 2. The highest BCUT2D eigenvalue weighted by Crippen LogP contribution is 2.44. The SMILES string of the molecule is Cc1cc2c(cc1-c1cnc(N(C)C(=O)c3[nH]ncc3Cl)cn1)OC(F)(F)O2. The maximum atomic E-state index is 13.2. The molecule has 0 saturated heterocycles. The van der Waals surface area contributed by atoms with Gasteiger partial charge in [0.1, 0.15) is 5.69 Å². The summed E-state index contributed by atoms with van der Waals surface area (Å²) in [6, 6.07) is 2.85. The van der Waals surface area contributed by atoms with Gasteiger partial charge in [-0.2, -0.15) is 5.10 Å². The highest BCUT2D eigenvalue weighted by molar-refractivity contribution is 6.34. The van der Waals surface area contributed by atoms with Crippen LogP contribution in [0, 0.1) is 6.92 Å². The molecule has 3 heterocycles. The molecule has 1 amide bonds. The third kappa shape index (κ3) is 3.11. The summed E-state index contributed by atoms with van der Waals surface area (Å²) in [5.41, 5.74) is 1.74. The minimum Gasteiger partial charge on any atom is -0.395 e. The number of aromatic nitrogens is 4. The van der Waals surface area contributed by atoms with E-state index in [0.29, 0.717) is 16.8 Å². The van der Waals surface area contributed by atoms with Gasteiger partial charge in [-0.15, -0.1) is 8.78 Å². The molecule has 0 fully saturated rings. The Balaban J connectivity index is 1.61. The average molecular weight is 408 g/mol. The lowest BCUT2D eigenvalue weighted by molar-refractivity contribution is -0.286. The first-order valence-electron chi connectivity index (χ1n) is 7.95. The first-order chi connectivity index (χ1) is 13.2. The third-order valence-corrected chi connectivity index (χ3v) is 4.40. The summed E-state index contributed by atoms with van der Waals surface area (Å²) >= 11 is 5.90. The smallest absolute Gasteiger partial charge is 0.395 e. The van der Waals surface area contributed by atoms with Crippen LogP contribution in [0.4, 0.5) is 14.6 Å². The van der Waals surface area contributed by atoms with E-state index in [9.17, 15) is 13.6 Å². The number of anilines is 1. The molecule has 28 heavy (non-hydrogen) atoms. The normalized spacial score (nSPS) is 14.2. The highest BCUT2D eigenvalue weighted by Gasteiger charge is 2.43. The molecule has 0 unspecified atom stereocenters. The number of halogens is 3. The molecule has 2 aromatic heterocycles. The van der Waals surface area contributed by atoms with Gasteiger partial charge in [0.25, 0.3) is 5.91 Å². The number of nitrogens with one attached hydrogen (secondary N) is 1. The van der Waals surface area contributed by atoms with Crippen molar-refractivity contribution in [2.75, 3.05) is 11.9 Å². The largest absolute Gasteiger partial charge is 0.586 e. The van der Waals surface area contributed by atoms with Gasteiger partial charge < -0.3 is 9.47 Å². The van der Waals surface area contributed by atoms with Crippen molar-refractivity contribution in [2.24, 2.45) is 0 Å². The summed E-state index contributed by atoms with van der Waals surface area (Å²) in [5, 5.41) is 6.42. The number of nitrogens with zero attached hydrogens (tertiary/aromatic N) is 4. The number of carbonyl (C=O) groups is 1. The van der Waals surface area contributed by atoms with Gasteiger partial charge in [-0.1, -0.05) is 11.6 Å². The summed E-state index contributed by atoms with van der Waals surface area (Å²) in [5.74, 6) is -0.300. The van der Waals surface area contributed by atoms with Crippen LogP contribution in [-0.2, 0) is 0 Å². The van der Waals surface area contributed by atoms with Crippen molar-refractivity contribution in [1.29, 1.82) is 0 Å². The second-order valence-corrected chi connectivity index (χ2v) is 6.41. The fraction of sp³-hybridized carbons (Fsp3) is 0.176. The van der Waals surface area contributed by atoms with Crippen LogP contribution < -0.4 is 14.4 Å². The van der Waals surface area contributed by atoms with Gasteiger partial charge in [0, 0.05) is 12.6 Å². The molecule has 0 radical (unpaired) electrons. The van der Waals surface area contributed by atoms with E-state index in [1.807, 2.05) is 0 Å². The number of rotatable bonds is 3. The zero-order valence-electron chi connectivity index (χ0n) is 14.5.